The van der Waals surface area contributed by atoms with Crippen LogP contribution in [-0.2, 0) is 17.5 Å². The van der Waals surface area contributed by atoms with Crippen LogP contribution in [0.15, 0.2) is 35.6 Å². The van der Waals surface area contributed by atoms with E-state index in [1.54, 1.807) is 0 Å². The molecule has 2 N–H and O–H groups in total. The van der Waals surface area contributed by atoms with Gasteiger partial charge in [0, 0.05) is 19.2 Å². The lowest BCUT2D eigenvalue weighted by atomic mass is 10.0. The summed E-state index contributed by atoms with van der Waals surface area (Å²) in [7, 11) is 0. The summed E-state index contributed by atoms with van der Waals surface area (Å²) in [5.74, 6) is -3.18. The fourth-order valence-corrected chi connectivity index (χ4v) is 4.22. The lowest BCUT2D eigenvalue weighted by molar-refractivity contribution is -0.145. The summed E-state index contributed by atoms with van der Waals surface area (Å²) in [6.45, 7) is 0.349. The first-order valence-corrected chi connectivity index (χ1v) is 12.6. The molecule has 0 saturated heterocycles. The first-order chi connectivity index (χ1) is 20.2. The van der Waals surface area contributed by atoms with Gasteiger partial charge in [-0.2, -0.15) is 41.5 Å². The molecule has 3 heterocycles. The molecule has 2 aromatic heterocycles. The molecule has 1 atom stereocenters. The van der Waals surface area contributed by atoms with Gasteiger partial charge in [0.25, 0.3) is 11.7 Å². The normalized spacial score (nSPS) is 15.2. The second kappa shape index (κ2) is 12.2. The Morgan fingerprint density at radius 1 is 1.21 bits per heavy atom. The largest absolute Gasteiger partial charge is 0.455 e. The number of hydrogen-bond donors (Lipinski definition) is 2. The number of halogens is 7. The van der Waals surface area contributed by atoms with E-state index in [9.17, 15) is 41.2 Å². The van der Waals surface area contributed by atoms with E-state index in [-0.39, 0.29) is 51.9 Å². The van der Waals surface area contributed by atoms with Crippen LogP contribution in [0.5, 0.6) is 0 Å². The molecule has 43 heavy (non-hydrogen) atoms. The zero-order chi connectivity index (χ0) is 31.5. The fourth-order valence-electron chi connectivity index (χ4n) is 4.02. The Balaban J connectivity index is 1.62. The minimum Gasteiger partial charge on any atom is -0.352 e. The number of anilines is 2. The van der Waals surface area contributed by atoms with Crippen molar-refractivity contribution < 1.29 is 35.9 Å². The third-order valence-electron chi connectivity index (χ3n) is 5.91. The summed E-state index contributed by atoms with van der Waals surface area (Å²) >= 11 is 6.27. The summed E-state index contributed by atoms with van der Waals surface area (Å²) in [5, 5.41) is 29.2. The van der Waals surface area contributed by atoms with Gasteiger partial charge in [0.05, 0.1) is 40.0 Å². The van der Waals surface area contributed by atoms with Gasteiger partial charge in [0.15, 0.2) is 5.82 Å². The molecule has 1 unspecified atom stereocenters. The molecule has 1 aromatic carbocycles. The van der Waals surface area contributed by atoms with E-state index < -0.39 is 49.0 Å². The van der Waals surface area contributed by atoms with Gasteiger partial charge in [-0.1, -0.05) is 11.6 Å². The molecule has 226 valence electrons. The number of benzene rings is 1. The van der Waals surface area contributed by atoms with Gasteiger partial charge in [0.2, 0.25) is 5.91 Å². The van der Waals surface area contributed by atoms with Crippen molar-refractivity contribution in [2.45, 2.75) is 44.7 Å². The number of alkyl halides is 6. The highest BCUT2D eigenvalue weighted by molar-refractivity contribution is 6.33. The van der Waals surface area contributed by atoms with Crippen LogP contribution in [-0.4, -0.2) is 61.5 Å². The van der Waals surface area contributed by atoms with Gasteiger partial charge >= 0.3 is 12.4 Å². The maximum Gasteiger partial charge on any atom is 0.455 e. The van der Waals surface area contributed by atoms with Crippen LogP contribution >= 0.6 is 11.6 Å². The molecule has 0 saturated carbocycles. The van der Waals surface area contributed by atoms with Gasteiger partial charge in [-0.15, -0.1) is 10.2 Å². The molecule has 0 aliphatic carbocycles. The molecule has 19 heteroatoms. The lowest BCUT2D eigenvalue weighted by Gasteiger charge is -2.23. The Hall–Kier alpha value is -4.79. The number of nitrogens with zero attached hydrogens (tertiary/aromatic N) is 8. The molecule has 3 aromatic rings. The zero-order valence-corrected chi connectivity index (χ0v) is 22.6. The average Bonchev–Trinajstić information content (AvgIpc) is 3.57. The van der Waals surface area contributed by atoms with Crippen molar-refractivity contribution in [2.24, 2.45) is 5.10 Å². The second-order valence-electron chi connectivity index (χ2n) is 9.12. The number of carbonyl (C=O) groups is 2. The predicted molar refractivity (Wildman–Crippen MR) is 138 cm³/mol. The molecule has 2 amide bonds. The van der Waals surface area contributed by atoms with Gasteiger partial charge in [-0.3, -0.25) is 9.59 Å². The molecular formula is C24H19ClF6N10O2. The highest BCUT2D eigenvalue weighted by Gasteiger charge is 2.39. The Morgan fingerprint density at radius 3 is 2.58 bits per heavy atom. The van der Waals surface area contributed by atoms with Gasteiger partial charge in [-0.05, 0) is 42.0 Å². The first-order valence-electron chi connectivity index (χ1n) is 12.2. The maximum atomic E-state index is 13.6. The maximum absolute atomic E-state index is 13.6. The van der Waals surface area contributed by atoms with E-state index in [0.717, 1.165) is 11.1 Å². The van der Waals surface area contributed by atoms with Gasteiger partial charge in [0.1, 0.15) is 12.6 Å². The molecule has 1 aliphatic rings. The summed E-state index contributed by atoms with van der Waals surface area (Å²) in [4.78, 5) is 31.2. The second-order valence-corrected chi connectivity index (χ2v) is 9.53. The third kappa shape index (κ3) is 7.54. The molecule has 12 nitrogen and oxygen atoms in total. The minimum absolute atomic E-state index is 0.0170. The van der Waals surface area contributed by atoms with E-state index >= 15 is 0 Å². The minimum atomic E-state index is -4.83. The number of aromatic nitrogens is 5. The number of hydrazone groups is 1. The Bertz CT molecular complexity index is 1610. The Labute approximate surface area is 243 Å². The van der Waals surface area contributed by atoms with Gasteiger partial charge in [-0.25, -0.2) is 9.99 Å². The predicted octanol–water partition coefficient (Wildman–Crippen LogP) is 3.88. The van der Waals surface area contributed by atoms with Crippen LogP contribution in [0, 0.1) is 18.3 Å². The topological polar surface area (TPSA) is 154 Å². The molecule has 0 bridgehead atoms. The van der Waals surface area contributed by atoms with Crippen LogP contribution in [0.3, 0.4) is 0 Å². The van der Waals surface area contributed by atoms with Gasteiger partial charge < -0.3 is 10.6 Å². The number of pyridine rings is 1. The average molecular weight is 629 g/mol. The van der Waals surface area contributed by atoms with Crippen molar-refractivity contribution >= 4 is 40.6 Å². The summed E-state index contributed by atoms with van der Waals surface area (Å²) < 4.78 is 76.6. The SMILES string of the molecule is Cc1cc(C#N)cc(C(=O)NCCC(F)(F)F)c1NC(=O)C1CC(Cn2nnc(C(F)(F)F)n2)=NN1c1ncccc1Cl. The third-order valence-corrected chi connectivity index (χ3v) is 6.21. The number of hydrogen-bond acceptors (Lipinski definition) is 9. The number of rotatable bonds is 8. The van der Waals surface area contributed by atoms with Crippen LogP contribution in [0.1, 0.15) is 40.2 Å². The van der Waals surface area contributed by atoms with E-state index in [1.807, 2.05) is 6.07 Å². The van der Waals surface area contributed by atoms with Crippen molar-refractivity contribution in [1.82, 2.24) is 30.5 Å². The van der Waals surface area contributed by atoms with Crippen LogP contribution in [0.2, 0.25) is 5.02 Å². The van der Waals surface area contributed by atoms with Crippen LogP contribution < -0.4 is 15.6 Å². The fraction of sp³-hybridized carbons (Fsp3) is 0.333. The standard InChI is InChI=1S/C24H19ClF6N10O2/c1-12-7-13(10-32)8-15(20(42)34-6-4-23(26,27)28)18(12)35-21(43)17-9-14(11-40-38-22(36-39-40)24(29,30)31)37-41(17)19-16(25)3-2-5-33-19/h2-3,5,7-8,17H,4,6,9,11H2,1H3,(H,34,42)(H,35,43). The first kappa shape index (κ1) is 31.2. The number of aryl methyl sites for hydroxylation is 1. The molecule has 0 fully saturated rings. The number of amides is 2. The summed E-state index contributed by atoms with van der Waals surface area (Å²) in [5.41, 5.74) is 0.0708. The summed E-state index contributed by atoms with van der Waals surface area (Å²) in [6, 6.07) is 6.10. The number of nitrogens with one attached hydrogen (secondary N) is 2. The summed E-state index contributed by atoms with van der Waals surface area (Å²) in [6.07, 6.45) is -9.47. The Kier molecular flexibility index (Phi) is 8.85. The number of tetrazole rings is 1. The molecule has 1 aliphatic heterocycles. The number of nitriles is 1. The van der Waals surface area contributed by atoms with Crippen molar-refractivity contribution in [1.29, 1.82) is 5.26 Å². The van der Waals surface area contributed by atoms with Crippen LogP contribution in [0.25, 0.3) is 0 Å². The molecule has 0 spiro atoms. The van der Waals surface area contributed by atoms with E-state index in [2.05, 4.69) is 36.1 Å². The lowest BCUT2D eigenvalue weighted by Crippen LogP contribution is -2.40. The number of carbonyl (C=O) groups excluding carboxylic acids is 2. The smallest absolute Gasteiger partial charge is 0.352 e. The van der Waals surface area contributed by atoms with Crippen molar-refractivity contribution in [3.63, 3.8) is 0 Å². The highest BCUT2D eigenvalue weighted by Crippen LogP contribution is 2.31. The van der Waals surface area contributed by atoms with E-state index in [4.69, 9.17) is 11.6 Å². The quantitative estimate of drug-likeness (QED) is 0.356. The zero-order valence-electron chi connectivity index (χ0n) is 21.8. The Morgan fingerprint density at radius 2 is 1.95 bits per heavy atom. The monoisotopic (exact) mass is 628 g/mol. The molecule has 0 radical (unpaired) electrons. The van der Waals surface area contributed by atoms with E-state index in [0.29, 0.717) is 4.80 Å². The van der Waals surface area contributed by atoms with Crippen molar-refractivity contribution in [2.75, 3.05) is 16.9 Å². The van der Waals surface area contributed by atoms with Crippen molar-refractivity contribution in [3.8, 4) is 6.07 Å². The molecule has 4 rings (SSSR count). The molecular weight excluding hydrogens is 610 g/mol. The highest BCUT2D eigenvalue weighted by atomic mass is 35.5. The van der Waals surface area contributed by atoms with E-state index in [1.165, 1.54) is 31.3 Å². The van der Waals surface area contributed by atoms with Crippen LogP contribution in [0.4, 0.5) is 37.8 Å². The van der Waals surface area contributed by atoms with Crippen molar-refractivity contribution in [3.05, 3.63) is 58.0 Å².